The van der Waals surface area contributed by atoms with E-state index in [1.807, 2.05) is 4.90 Å². The molecular weight excluding hydrogens is 240 g/mol. The van der Waals surface area contributed by atoms with Gasteiger partial charge in [-0.3, -0.25) is 9.59 Å². The predicted molar refractivity (Wildman–Crippen MR) is 73.2 cm³/mol. The van der Waals surface area contributed by atoms with Crippen LogP contribution in [0.2, 0.25) is 0 Å². The lowest BCUT2D eigenvalue weighted by molar-refractivity contribution is -0.128. The Kier molecular flexibility index (Phi) is 4.84. The molecule has 0 spiro atoms. The van der Waals surface area contributed by atoms with E-state index in [0.717, 1.165) is 6.54 Å². The molecule has 19 heavy (non-hydrogen) atoms. The topological polar surface area (TPSA) is 49.4 Å². The normalized spacial score (nSPS) is 23.9. The van der Waals surface area contributed by atoms with Gasteiger partial charge in [-0.2, -0.15) is 0 Å². The summed E-state index contributed by atoms with van der Waals surface area (Å²) in [6.07, 6.45) is 6.81. The molecular formula is C15H22N2O2. The maximum absolute atomic E-state index is 11.9. The molecule has 0 aromatic rings. The van der Waals surface area contributed by atoms with Crippen molar-refractivity contribution in [3.05, 3.63) is 0 Å². The van der Waals surface area contributed by atoms with Gasteiger partial charge in [-0.05, 0) is 31.6 Å². The van der Waals surface area contributed by atoms with E-state index in [-0.39, 0.29) is 17.9 Å². The van der Waals surface area contributed by atoms with Crippen LogP contribution in [0.15, 0.2) is 0 Å². The van der Waals surface area contributed by atoms with Crippen LogP contribution >= 0.6 is 0 Å². The zero-order valence-electron chi connectivity index (χ0n) is 11.6. The summed E-state index contributed by atoms with van der Waals surface area (Å²) in [5.41, 5.74) is 0. The molecule has 1 N–H and O–H groups in total. The Bertz CT molecular complexity index is 402. The number of amides is 2. The molecule has 1 aliphatic carbocycles. The number of likely N-dealkylation sites (tertiary alicyclic amines) is 1. The minimum absolute atomic E-state index is 0.0653. The van der Waals surface area contributed by atoms with Crippen LogP contribution in [-0.2, 0) is 9.59 Å². The molecule has 0 radical (unpaired) electrons. The monoisotopic (exact) mass is 262 g/mol. The third-order valence-corrected chi connectivity index (χ3v) is 3.99. The van der Waals surface area contributed by atoms with Crippen LogP contribution in [0.3, 0.4) is 0 Å². The fourth-order valence-electron chi connectivity index (χ4n) is 3.06. The molecule has 4 heteroatoms. The summed E-state index contributed by atoms with van der Waals surface area (Å²) in [5, 5.41) is 2.80. The summed E-state index contributed by atoms with van der Waals surface area (Å²) >= 11 is 0. The maximum atomic E-state index is 11.9. The van der Waals surface area contributed by atoms with E-state index >= 15 is 0 Å². The van der Waals surface area contributed by atoms with Crippen molar-refractivity contribution in [2.45, 2.75) is 51.5 Å². The van der Waals surface area contributed by atoms with Gasteiger partial charge in [0.15, 0.2) is 0 Å². The molecule has 1 atom stereocenters. The number of rotatable bonds is 3. The average Bonchev–Trinajstić information content (AvgIpc) is 2.71. The zero-order valence-corrected chi connectivity index (χ0v) is 11.6. The third kappa shape index (κ3) is 3.99. The molecule has 4 nitrogen and oxygen atoms in total. The van der Waals surface area contributed by atoms with Crippen LogP contribution in [0.5, 0.6) is 0 Å². The summed E-state index contributed by atoms with van der Waals surface area (Å²) in [6.45, 7) is 3.14. The van der Waals surface area contributed by atoms with Crippen LogP contribution in [0, 0.1) is 17.8 Å². The first kappa shape index (κ1) is 13.9. The van der Waals surface area contributed by atoms with Crippen molar-refractivity contribution in [3.63, 3.8) is 0 Å². The minimum Gasteiger partial charge on any atom is -0.340 e. The van der Waals surface area contributed by atoms with Crippen molar-refractivity contribution in [1.29, 1.82) is 0 Å². The highest BCUT2D eigenvalue weighted by atomic mass is 16.2. The Morgan fingerprint density at radius 2 is 2.11 bits per heavy atom. The summed E-state index contributed by atoms with van der Waals surface area (Å²) < 4.78 is 0. The quantitative estimate of drug-likeness (QED) is 0.780. The third-order valence-electron chi connectivity index (χ3n) is 3.99. The first-order valence-electron chi connectivity index (χ1n) is 7.20. The van der Waals surface area contributed by atoms with Crippen molar-refractivity contribution in [1.82, 2.24) is 10.2 Å². The SMILES string of the molecule is CC#CC(=O)N[C@@H]1CC(=O)N(CC2CCCCC2)C1. The fraction of sp³-hybridized carbons (Fsp3) is 0.733. The smallest absolute Gasteiger partial charge is 0.296 e. The van der Waals surface area contributed by atoms with Crippen molar-refractivity contribution >= 4 is 11.8 Å². The highest BCUT2D eigenvalue weighted by Crippen LogP contribution is 2.25. The van der Waals surface area contributed by atoms with Gasteiger partial charge >= 0.3 is 0 Å². The Morgan fingerprint density at radius 3 is 2.79 bits per heavy atom. The molecule has 1 heterocycles. The van der Waals surface area contributed by atoms with Crippen molar-refractivity contribution in [3.8, 4) is 11.8 Å². The first-order valence-corrected chi connectivity index (χ1v) is 7.20. The zero-order chi connectivity index (χ0) is 13.7. The second-order valence-corrected chi connectivity index (χ2v) is 5.55. The van der Waals surface area contributed by atoms with Crippen molar-refractivity contribution < 1.29 is 9.59 Å². The molecule has 0 aromatic carbocycles. The van der Waals surface area contributed by atoms with Gasteiger partial charge in [-0.25, -0.2) is 0 Å². The van der Waals surface area contributed by atoms with E-state index in [1.54, 1.807) is 6.92 Å². The van der Waals surface area contributed by atoms with Gasteiger partial charge in [0.1, 0.15) is 0 Å². The number of carbonyl (C=O) groups excluding carboxylic acids is 2. The minimum atomic E-state index is -0.278. The second-order valence-electron chi connectivity index (χ2n) is 5.55. The van der Waals surface area contributed by atoms with Crippen LogP contribution in [0.4, 0.5) is 0 Å². The van der Waals surface area contributed by atoms with Gasteiger partial charge in [-0.1, -0.05) is 25.2 Å². The molecule has 2 fully saturated rings. The molecule has 0 unspecified atom stereocenters. The molecule has 104 valence electrons. The molecule has 1 saturated carbocycles. The van der Waals surface area contributed by atoms with E-state index in [1.165, 1.54) is 32.1 Å². The van der Waals surface area contributed by atoms with Crippen molar-refractivity contribution in [2.24, 2.45) is 5.92 Å². The highest BCUT2D eigenvalue weighted by Gasteiger charge is 2.31. The predicted octanol–water partition coefficient (Wildman–Crippen LogP) is 1.31. The van der Waals surface area contributed by atoms with Crippen LogP contribution < -0.4 is 5.32 Å². The molecule has 2 aliphatic rings. The first-order chi connectivity index (χ1) is 9.19. The summed E-state index contributed by atoms with van der Waals surface area (Å²) in [5.74, 6) is 5.57. The van der Waals surface area contributed by atoms with E-state index in [4.69, 9.17) is 0 Å². The second kappa shape index (κ2) is 6.60. The molecule has 1 saturated heterocycles. The Morgan fingerprint density at radius 1 is 1.37 bits per heavy atom. The maximum Gasteiger partial charge on any atom is 0.296 e. The number of nitrogens with one attached hydrogen (secondary N) is 1. The largest absolute Gasteiger partial charge is 0.340 e. The van der Waals surface area contributed by atoms with Crippen molar-refractivity contribution in [2.75, 3.05) is 13.1 Å². The van der Waals surface area contributed by atoms with E-state index in [0.29, 0.717) is 18.9 Å². The summed E-state index contributed by atoms with van der Waals surface area (Å²) in [4.78, 5) is 25.2. The van der Waals surface area contributed by atoms with Gasteiger partial charge < -0.3 is 10.2 Å². The number of nitrogens with zero attached hydrogens (tertiary/aromatic N) is 1. The summed E-state index contributed by atoms with van der Waals surface area (Å²) in [6, 6.07) is -0.0653. The van der Waals surface area contributed by atoms with E-state index in [9.17, 15) is 9.59 Å². The molecule has 2 amide bonds. The lowest BCUT2D eigenvalue weighted by atomic mass is 9.89. The molecule has 1 aliphatic heterocycles. The summed E-state index contributed by atoms with van der Waals surface area (Å²) in [7, 11) is 0. The van der Waals surface area contributed by atoms with Gasteiger partial charge in [0.25, 0.3) is 5.91 Å². The lowest BCUT2D eigenvalue weighted by Gasteiger charge is -2.27. The molecule has 2 rings (SSSR count). The number of carbonyl (C=O) groups is 2. The Balaban J connectivity index is 1.81. The Hall–Kier alpha value is -1.50. The Labute approximate surface area is 114 Å². The van der Waals surface area contributed by atoms with E-state index in [2.05, 4.69) is 17.2 Å². The van der Waals surface area contributed by atoms with Gasteiger partial charge in [-0.15, -0.1) is 0 Å². The van der Waals surface area contributed by atoms with Crippen LogP contribution in [0.25, 0.3) is 0 Å². The molecule has 0 bridgehead atoms. The van der Waals surface area contributed by atoms with Crippen LogP contribution in [0.1, 0.15) is 45.4 Å². The van der Waals surface area contributed by atoms with Gasteiger partial charge in [0.05, 0.1) is 6.04 Å². The highest BCUT2D eigenvalue weighted by molar-refractivity contribution is 5.94. The fourth-order valence-corrected chi connectivity index (χ4v) is 3.06. The average molecular weight is 262 g/mol. The lowest BCUT2D eigenvalue weighted by Crippen LogP contribution is -2.37. The van der Waals surface area contributed by atoms with Gasteiger partial charge in [0.2, 0.25) is 5.91 Å². The number of hydrogen-bond acceptors (Lipinski definition) is 2. The standard InChI is InChI=1S/C15H22N2O2/c1-2-6-14(18)16-13-9-15(19)17(11-13)10-12-7-4-3-5-8-12/h12-13H,3-5,7-11H2,1H3,(H,16,18)/t13-/m1/s1. The van der Waals surface area contributed by atoms with Gasteiger partial charge in [0, 0.05) is 19.5 Å². The van der Waals surface area contributed by atoms with E-state index < -0.39 is 0 Å². The van der Waals surface area contributed by atoms with Crippen LogP contribution in [-0.4, -0.2) is 35.8 Å². The molecule has 0 aromatic heterocycles. The number of hydrogen-bond donors (Lipinski definition) is 1.